The Balaban J connectivity index is 1.65. The second-order valence-electron chi connectivity index (χ2n) is 28.9. The molecule has 12 unspecified atom stereocenters. The molecule has 0 aromatic heterocycles. The van der Waals surface area contributed by atoms with Gasteiger partial charge in [-0.2, -0.15) is 0 Å². The highest BCUT2D eigenvalue weighted by Crippen LogP contribution is 2.30. The highest BCUT2D eigenvalue weighted by atomic mass is 16.7. The number of nitrogens with one attached hydrogen (secondary N) is 1. The highest BCUT2D eigenvalue weighted by molar-refractivity contribution is 5.76. The summed E-state index contributed by atoms with van der Waals surface area (Å²) in [5.74, 6) is -0.284. The van der Waals surface area contributed by atoms with Gasteiger partial charge in [0.1, 0.15) is 48.8 Å². The number of hydrogen-bond acceptors (Lipinski definition) is 13. The van der Waals surface area contributed by atoms with E-state index >= 15 is 0 Å². The molecule has 0 aromatic rings. The molecule has 1 amide bonds. The van der Waals surface area contributed by atoms with Gasteiger partial charge >= 0.3 is 0 Å². The molecule has 2 heterocycles. The maximum absolute atomic E-state index is 13.4. The lowest BCUT2D eigenvalue weighted by atomic mass is 9.97. The van der Waals surface area contributed by atoms with Gasteiger partial charge in [0.2, 0.25) is 5.91 Å². The number of unbranched alkanes of at least 4 members (excludes halogenated alkanes) is 32. The minimum Gasteiger partial charge on any atom is -0.394 e. The van der Waals surface area contributed by atoms with Crippen LogP contribution in [-0.2, 0) is 23.7 Å². The van der Waals surface area contributed by atoms with Crippen LogP contribution >= 0.6 is 0 Å². The van der Waals surface area contributed by atoms with Crippen LogP contribution in [0.5, 0.6) is 0 Å². The number of carbonyl (C=O) groups is 1. The third-order valence-electron chi connectivity index (χ3n) is 19.5. The second kappa shape index (κ2) is 72.5. The summed E-state index contributed by atoms with van der Waals surface area (Å²) in [4.78, 5) is 13.4. The SMILES string of the molecule is CC/C=C\C/C=C\C/C=C\C/C=C\C/C=C\C/C=C\C/C=C\C/C=C\C/C=C\C/C=C\C/C=C\C/C=C\CCCCC(=O)NC(COC1OC(CO)C(OC2OC(CO)C(O)C(O)C2O)C(O)C1O)C(O)/C=C/CCCCCCCCCCCCCCCCCCCCCCCCCCCCCCCC. The fourth-order valence-corrected chi connectivity index (χ4v) is 12.9. The average Bonchev–Trinajstić information content (AvgIpc) is 0.789. The minimum absolute atomic E-state index is 0.216. The predicted octanol–water partition coefficient (Wildman–Crippen LogP) is 20.1. The first-order valence-electron chi connectivity index (χ1n) is 42.2. The normalized spacial score (nSPS) is 22.2. The van der Waals surface area contributed by atoms with E-state index in [0.717, 1.165) is 116 Å². The number of ether oxygens (including phenoxy) is 4. The van der Waals surface area contributed by atoms with Crippen LogP contribution in [0, 0.1) is 0 Å². The fourth-order valence-electron chi connectivity index (χ4n) is 12.9. The third-order valence-corrected chi connectivity index (χ3v) is 19.5. The second-order valence-corrected chi connectivity index (χ2v) is 28.9. The Morgan fingerprint density at radius 2 is 0.657 bits per heavy atom. The van der Waals surface area contributed by atoms with Gasteiger partial charge in [-0.15, -0.1) is 0 Å². The number of rotatable bonds is 69. The Hall–Kier alpha value is -4.39. The molecule has 2 rings (SSSR count). The Labute approximate surface area is 639 Å². The maximum Gasteiger partial charge on any atom is 0.220 e. The average molecular weight is 1470 g/mol. The zero-order chi connectivity index (χ0) is 75.8. The van der Waals surface area contributed by atoms with Crippen molar-refractivity contribution in [3.8, 4) is 0 Å². The summed E-state index contributed by atoms with van der Waals surface area (Å²) in [6, 6.07) is -0.953. The van der Waals surface area contributed by atoms with Crippen molar-refractivity contribution in [2.45, 2.75) is 389 Å². The minimum atomic E-state index is -1.80. The van der Waals surface area contributed by atoms with Crippen LogP contribution in [0.1, 0.15) is 316 Å². The number of amides is 1. The van der Waals surface area contributed by atoms with E-state index < -0.39 is 86.8 Å². The predicted molar refractivity (Wildman–Crippen MR) is 437 cm³/mol. The van der Waals surface area contributed by atoms with Crippen LogP contribution in [0.25, 0.3) is 0 Å². The Kier molecular flexibility index (Phi) is 66.7. The van der Waals surface area contributed by atoms with Gasteiger partial charge in [0, 0.05) is 6.42 Å². The molecule has 2 aliphatic heterocycles. The molecule has 0 spiro atoms. The molecule has 12 atom stereocenters. The van der Waals surface area contributed by atoms with E-state index in [-0.39, 0.29) is 18.9 Å². The van der Waals surface area contributed by atoms with Crippen LogP contribution in [-0.4, -0.2) is 140 Å². The molecule has 0 radical (unpaired) electrons. The van der Waals surface area contributed by atoms with E-state index in [4.69, 9.17) is 18.9 Å². The van der Waals surface area contributed by atoms with Crippen LogP contribution in [0.2, 0.25) is 0 Å². The van der Waals surface area contributed by atoms with E-state index in [9.17, 15) is 45.6 Å². The molecule has 14 heteroatoms. The zero-order valence-electron chi connectivity index (χ0n) is 65.9. The van der Waals surface area contributed by atoms with Crippen LogP contribution in [0.3, 0.4) is 0 Å². The van der Waals surface area contributed by atoms with E-state index in [0.29, 0.717) is 6.42 Å². The fraction of sp³-hybridized carbons (Fsp3) is 0.703. The van der Waals surface area contributed by atoms with E-state index in [1.807, 2.05) is 6.08 Å². The Morgan fingerprint density at radius 3 is 1.01 bits per heavy atom. The van der Waals surface area contributed by atoms with Gasteiger partial charge in [-0.3, -0.25) is 4.79 Å². The highest BCUT2D eigenvalue weighted by Gasteiger charge is 2.51. The van der Waals surface area contributed by atoms with E-state index in [2.05, 4.69) is 165 Å². The third kappa shape index (κ3) is 54.8. The molecule has 0 aliphatic carbocycles. The van der Waals surface area contributed by atoms with E-state index in [1.165, 1.54) is 173 Å². The number of aliphatic hydroxyl groups excluding tert-OH is 8. The van der Waals surface area contributed by atoms with Crippen LogP contribution in [0.15, 0.2) is 158 Å². The van der Waals surface area contributed by atoms with Gasteiger partial charge in [0.15, 0.2) is 12.6 Å². The van der Waals surface area contributed by atoms with Gasteiger partial charge in [-0.1, -0.05) is 358 Å². The van der Waals surface area contributed by atoms with Crippen LogP contribution in [0.4, 0.5) is 0 Å². The summed E-state index contributed by atoms with van der Waals surface area (Å²) >= 11 is 0. The maximum atomic E-state index is 13.4. The largest absolute Gasteiger partial charge is 0.394 e. The van der Waals surface area contributed by atoms with Crippen molar-refractivity contribution in [2.75, 3.05) is 19.8 Å². The number of hydrogen-bond donors (Lipinski definition) is 9. The molecular formula is C91H153NO13. The quantitative estimate of drug-likeness (QED) is 0.0204. The smallest absolute Gasteiger partial charge is 0.220 e. The molecule has 14 nitrogen and oxygen atoms in total. The molecule has 0 bridgehead atoms. The summed E-state index contributed by atoms with van der Waals surface area (Å²) in [6.45, 7) is 2.68. The van der Waals surface area contributed by atoms with Gasteiger partial charge in [-0.25, -0.2) is 0 Å². The molecule has 105 heavy (non-hydrogen) atoms. The Bertz CT molecular complexity index is 2380. The van der Waals surface area contributed by atoms with Gasteiger partial charge in [0.25, 0.3) is 0 Å². The first-order chi connectivity index (χ1) is 51.6. The molecule has 2 fully saturated rings. The van der Waals surface area contributed by atoms with Gasteiger partial charge < -0.3 is 65.1 Å². The summed E-state index contributed by atoms with van der Waals surface area (Å²) in [5, 5.41) is 87.7. The summed E-state index contributed by atoms with van der Waals surface area (Å²) in [6.07, 6.45) is 94.7. The first kappa shape index (κ1) is 96.7. The van der Waals surface area contributed by atoms with Crippen molar-refractivity contribution in [2.24, 2.45) is 0 Å². The summed E-state index contributed by atoms with van der Waals surface area (Å²) in [5.41, 5.74) is 0. The lowest BCUT2D eigenvalue weighted by Gasteiger charge is -2.46. The number of carbonyl (C=O) groups excluding carboxylic acids is 1. The van der Waals surface area contributed by atoms with Gasteiger partial charge in [-0.05, 0) is 109 Å². The Morgan fingerprint density at radius 1 is 0.352 bits per heavy atom. The lowest BCUT2D eigenvalue weighted by Crippen LogP contribution is -2.65. The zero-order valence-corrected chi connectivity index (χ0v) is 65.9. The standard InChI is InChI=1S/C91H153NO13/c1-3-5-7-9-11-13-15-17-19-21-23-25-27-29-31-33-35-37-38-39-40-41-42-43-45-47-49-51-53-55-57-59-61-63-65-67-69-71-73-75-83(96)92-79(78-102-90-88(101)86(99)89(82(77-94)104-90)105-91-87(100)85(98)84(97)81(76-93)103-91)80(95)74-72-70-68-66-64-62-60-58-56-54-52-50-48-46-44-36-34-32-30-28-26-24-22-20-18-16-14-12-10-8-6-4-2/h5,7,11,13,17,19,23,25,29,31,35,37,39-40,42-43,47,49,53,55,59,61,65,67,72,74,79-82,84-91,93-95,97-101H,3-4,6,8-10,12,14-16,18,20-22,24,26-28,30,32-34,36,38,41,44-46,48,50-52,54,56-58,60,62-64,66,68-71,73,75-78H2,1-2H3,(H,92,96)/b7-5-,13-11-,19-17-,25-23-,31-29-,37-35-,40-39-,43-42-,49-47-,55-53-,61-59-,67-65-,74-72+. The number of allylic oxidation sites excluding steroid dienone is 25. The molecule has 600 valence electrons. The first-order valence-corrected chi connectivity index (χ1v) is 42.2. The molecule has 9 N–H and O–H groups in total. The van der Waals surface area contributed by atoms with Crippen molar-refractivity contribution in [3.63, 3.8) is 0 Å². The van der Waals surface area contributed by atoms with Crippen LogP contribution < -0.4 is 5.32 Å². The lowest BCUT2D eigenvalue weighted by molar-refractivity contribution is -0.359. The molecule has 0 aromatic carbocycles. The van der Waals surface area contributed by atoms with Gasteiger partial charge in [0.05, 0.1) is 32.0 Å². The number of aliphatic hydroxyl groups is 8. The summed E-state index contributed by atoms with van der Waals surface area (Å²) in [7, 11) is 0. The molecule has 2 aliphatic rings. The monoisotopic (exact) mass is 1470 g/mol. The van der Waals surface area contributed by atoms with Crippen molar-refractivity contribution in [1.29, 1.82) is 0 Å². The molecule has 2 saturated heterocycles. The molecule has 0 saturated carbocycles. The summed E-state index contributed by atoms with van der Waals surface area (Å²) < 4.78 is 22.9. The van der Waals surface area contributed by atoms with Crippen molar-refractivity contribution >= 4 is 5.91 Å². The van der Waals surface area contributed by atoms with Crippen molar-refractivity contribution < 1.29 is 64.6 Å². The topological polar surface area (TPSA) is 228 Å². The van der Waals surface area contributed by atoms with E-state index in [1.54, 1.807) is 6.08 Å². The van der Waals surface area contributed by atoms with Crippen molar-refractivity contribution in [1.82, 2.24) is 5.32 Å². The molecular weight excluding hydrogens is 1310 g/mol. The van der Waals surface area contributed by atoms with Crippen molar-refractivity contribution in [3.05, 3.63) is 158 Å².